The number of hydrogen-bond donors (Lipinski definition) is 2. The van der Waals surface area contributed by atoms with Gasteiger partial charge in [-0.1, -0.05) is 0 Å². The SMILES string of the molecule is Cc1[c]nc(-c2ncc[nH]2)[nH]1. The average molecular weight is 147 g/mol. The minimum absolute atomic E-state index is 0.729. The summed E-state index contributed by atoms with van der Waals surface area (Å²) in [6.45, 7) is 1.90. The van der Waals surface area contributed by atoms with E-state index < -0.39 is 0 Å². The number of hydrogen-bond acceptors (Lipinski definition) is 2. The lowest BCUT2D eigenvalue weighted by atomic mass is 10.6. The summed E-state index contributed by atoms with van der Waals surface area (Å²) in [5.41, 5.74) is 0.913. The van der Waals surface area contributed by atoms with Gasteiger partial charge in [0.15, 0.2) is 11.6 Å². The second kappa shape index (κ2) is 2.23. The number of imidazole rings is 2. The van der Waals surface area contributed by atoms with Crippen LogP contribution in [0.25, 0.3) is 11.6 Å². The van der Waals surface area contributed by atoms with Crippen molar-refractivity contribution >= 4 is 0 Å². The van der Waals surface area contributed by atoms with E-state index in [2.05, 4.69) is 26.1 Å². The van der Waals surface area contributed by atoms with Gasteiger partial charge in [0.25, 0.3) is 0 Å². The molecule has 2 aromatic heterocycles. The van der Waals surface area contributed by atoms with Crippen LogP contribution in [0.5, 0.6) is 0 Å². The van der Waals surface area contributed by atoms with Crippen LogP contribution in [0, 0.1) is 13.1 Å². The van der Waals surface area contributed by atoms with E-state index >= 15 is 0 Å². The van der Waals surface area contributed by atoms with E-state index in [1.54, 1.807) is 12.4 Å². The summed E-state index contributed by atoms with van der Waals surface area (Å²) in [7, 11) is 0. The molecule has 0 spiro atoms. The number of aromatic amines is 2. The van der Waals surface area contributed by atoms with E-state index in [0.717, 1.165) is 17.3 Å². The summed E-state index contributed by atoms with van der Waals surface area (Å²) in [5, 5.41) is 0. The molecule has 0 saturated carbocycles. The maximum atomic E-state index is 4.03. The second-order valence-electron chi connectivity index (χ2n) is 2.26. The zero-order valence-corrected chi connectivity index (χ0v) is 6.05. The smallest absolute Gasteiger partial charge is 0.174 e. The second-order valence-corrected chi connectivity index (χ2v) is 2.26. The van der Waals surface area contributed by atoms with E-state index in [4.69, 9.17) is 0 Å². The molecule has 0 aliphatic rings. The van der Waals surface area contributed by atoms with Crippen LogP contribution in [0.1, 0.15) is 5.69 Å². The molecule has 0 bridgehead atoms. The van der Waals surface area contributed by atoms with E-state index in [9.17, 15) is 0 Å². The molecule has 2 heterocycles. The van der Waals surface area contributed by atoms with Crippen LogP contribution >= 0.6 is 0 Å². The lowest BCUT2D eigenvalue weighted by Crippen LogP contribution is -1.81. The highest BCUT2D eigenvalue weighted by atomic mass is 15.0. The van der Waals surface area contributed by atoms with Crippen LogP contribution < -0.4 is 0 Å². The molecule has 0 fully saturated rings. The van der Waals surface area contributed by atoms with Crippen molar-refractivity contribution in [2.75, 3.05) is 0 Å². The van der Waals surface area contributed by atoms with Gasteiger partial charge in [-0.15, -0.1) is 0 Å². The molecule has 4 heteroatoms. The lowest BCUT2D eigenvalue weighted by Gasteiger charge is -1.86. The van der Waals surface area contributed by atoms with E-state index in [0.29, 0.717) is 0 Å². The van der Waals surface area contributed by atoms with E-state index in [1.165, 1.54) is 0 Å². The Morgan fingerprint density at radius 2 is 2.36 bits per heavy atom. The van der Waals surface area contributed by atoms with Gasteiger partial charge in [-0.05, 0) is 6.92 Å². The largest absolute Gasteiger partial charge is 0.342 e. The Morgan fingerprint density at radius 1 is 1.45 bits per heavy atom. The van der Waals surface area contributed by atoms with E-state index in [1.807, 2.05) is 6.92 Å². The fourth-order valence-corrected chi connectivity index (χ4v) is 0.880. The van der Waals surface area contributed by atoms with Gasteiger partial charge in [0.05, 0.1) is 0 Å². The summed E-state index contributed by atoms with van der Waals surface area (Å²) in [4.78, 5) is 14.0. The molecule has 55 valence electrons. The first-order chi connectivity index (χ1) is 5.36. The number of aryl methyl sites for hydroxylation is 1. The number of H-pyrrole nitrogens is 2. The summed E-state index contributed by atoms with van der Waals surface area (Å²) in [6.07, 6.45) is 6.24. The van der Waals surface area contributed by atoms with Crippen molar-refractivity contribution in [2.45, 2.75) is 6.92 Å². The maximum Gasteiger partial charge on any atom is 0.174 e. The quantitative estimate of drug-likeness (QED) is 0.629. The van der Waals surface area contributed by atoms with Gasteiger partial charge in [0.2, 0.25) is 0 Å². The highest BCUT2D eigenvalue weighted by Crippen LogP contribution is 2.07. The fraction of sp³-hybridized carbons (Fsp3) is 0.143. The van der Waals surface area contributed by atoms with Crippen LogP contribution in [-0.4, -0.2) is 19.9 Å². The number of nitrogens with one attached hydrogen (secondary N) is 2. The summed E-state index contributed by atoms with van der Waals surface area (Å²) < 4.78 is 0. The van der Waals surface area contributed by atoms with Gasteiger partial charge in [-0.2, -0.15) is 0 Å². The molecule has 0 unspecified atom stereocenters. The van der Waals surface area contributed by atoms with Gasteiger partial charge in [-0.25, -0.2) is 9.97 Å². The first kappa shape index (κ1) is 6.15. The number of nitrogens with zero attached hydrogens (tertiary/aromatic N) is 2. The first-order valence-corrected chi connectivity index (χ1v) is 3.30. The molecule has 2 rings (SSSR count). The van der Waals surface area contributed by atoms with Gasteiger partial charge in [0.1, 0.15) is 6.20 Å². The molecule has 0 aromatic carbocycles. The van der Waals surface area contributed by atoms with E-state index in [-0.39, 0.29) is 0 Å². The Balaban J connectivity index is 2.45. The Morgan fingerprint density at radius 3 is 2.91 bits per heavy atom. The molecule has 0 amide bonds. The van der Waals surface area contributed by atoms with Crippen LogP contribution in [0.4, 0.5) is 0 Å². The Kier molecular flexibility index (Phi) is 1.25. The predicted molar refractivity (Wildman–Crippen MR) is 39.7 cm³/mol. The van der Waals surface area contributed by atoms with Crippen LogP contribution in [0.2, 0.25) is 0 Å². The third-order valence-corrected chi connectivity index (χ3v) is 1.36. The molecule has 0 aliphatic carbocycles. The van der Waals surface area contributed by atoms with Gasteiger partial charge < -0.3 is 9.97 Å². The molecule has 4 nitrogen and oxygen atoms in total. The molecule has 1 radical (unpaired) electrons. The molecule has 0 saturated heterocycles. The van der Waals surface area contributed by atoms with Gasteiger partial charge in [-0.3, -0.25) is 0 Å². The third-order valence-electron chi connectivity index (χ3n) is 1.36. The molecule has 11 heavy (non-hydrogen) atoms. The van der Waals surface area contributed by atoms with Crippen molar-refractivity contribution < 1.29 is 0 Å². The summed E-state index contributed by atoms with van der Waals surface area (Å²) in [5.74, 6) is 1.47. The number of aromatic nitrogens is 4. The zero-order valence-electron chi connectivity index (χ0n) is 6.05. The molecule has 2 N–H and O–H groups in total. The third kappa shape index (κ3) is 1.02. The van der Waals surface area contributed by atoms with Crippen molar-refractivity contribution in [3.05, 3.63) is 24.3 Å². The summed E-state index contributed by atoms with van der Waals surface area (Å²) >= 11 is 0. The van der Waals surface area contributed by atoms with Gasteiger partial charge in [0, 0.05) is 18.1 Å². The fourth-order valence-electron chi connectivity index (χ4n) is 0.880. The monoisotopic (exact) mass is 147 g/mol. The summed E-state index contributed by atoms with van der Waals surface area (Å²) in [6, 6.07) is 0. The first-order valence-electron chi connectivity index (χ1n) is 3.30. The van der Waals surface area contributed by atoms with Crippen molar-refractivity contribution in [1.29, 1.82) is 0 Å². The Bertz CT molecular complexity index is 333. The number of rotatable bonds is 1. The Labute approximate surface area is 63.7 Å². The minimum Gasteiger partial charge on any atom is -0.342 e. The normalized spacial score (nSPS) is 10.3. The minimum atomic E-state index is 0.729. The molecule has 0 atom stereocenters. The molecular formula is C7H7N4. The molecule has 2 aromatic rings. The van der Waals surface area contributed by atoms with Crippen molar-refractivity contribution in [1.82, 2.24) is 19.9 Å². The maximum absolute atomic E-state index is 4.03. The lowest BCUT2D eigenvalue weighted by molar-refractivity contribution is 1.18. The van der Waals surface area contributed by atoms with Crippen molar-refractivity contribution in [3.8, 4) is 11.6 Å². The van der Waals surface area contributed by atoms with Gasteiger partial charge >= 0.3 is 0 Å². The molecule has 0 aliphatic heterocycles. The van der Waals surface area contributed by atoms with Crippen molar-refractivity contribution in [2.24, 2.45) is 0 Å². The zero-order chi connectivity index (χ0) is 7.68. The highest BCUT2D eigenvalue weighted by molar-refractivity contribution is 5.42. The highest BCUT2D eigenvalue weighted by Gasteiger charge is 2.01. The average Bonchev–Trinajstić information content (AvgIpc) is 2.55. The van der Waals surface area contributed by atoms with Crippen molar-refractivity contribution in [3.63, 3.8) is 0 Å². The van der Waals surface area contributed by atoms with Crippen LogP contribution in [0.15, 0.2) is 12.4 Å². The predicted octanol–water partition coefficient (Wildman–Crippen LogP) is 0.908. The van der Waals surface area contributed by atoms with Crippen LogP contribution in [-0.2, 0) is 0 Å². The van der Waals surface area contributed by atoms with Crippen LogP contribution in [0.3, 0.4) is 0 Å². The molecular weight excluding hydrogens is 140 g/mol. The topological polar surface area (TPSA) is 57.4 Å². The standard InChI is InChI=1S/C7H7N4/c1-5-4-10-7(11-5)6-8-2-3-9-6/h2-3H,1H3,(H,8,9)(H,10,11). The Hall–Kier alpha value is -1.58.